The summed E-state index contributed by atoms with van der Waals surface area (Å²) in [7, 11) is 0. The predicted octanol–water partition coefficient (Wildman–Crippen LogP) is 7.37. The molecule has 254 valence electrons. The first-order chi connectivity index (χ1) is 21.1. The molecule has 0 amide bonds. The van der Waals surface area contributed by atoms with Crippen molar-refractivity contribution in [2.24, 2.45) is 0 Å². The molecule has 0 bridgehead atoms. The third kappa shape index (κ3) is 10.8. The average Bonchev–Trinajstić information content (AvgIpc) is 2.90. The third-order valence-corrected chi connectivity index (χ3v) is 6.96. The summed E-state index contributed by atoms with van der Waals surface area (Å²) in [5, 5.41) is 19.7. The van der Waals surface area contributed by atoms with Crippen LogP contribution in [0.5, 0.6) is 5.75 Å². The van der Waals surface area contributed by atoms with Gasteiger partial charge in [-0.1, -0.05) is 66.7 Å². The Hall–Kier alpha value is -3.50. The minimum absolute atomic E-state index is 0.116. The molecule has 1 unspecified atom stereocenters. The SMILES string of the molecule is O[C@@H](CN(C[C@H](O)C(F)(F)F)CC(Cc1ccccc1)(c1cccc(CC(F)(F)F)c1)c1cccc(OC(F)(F)F)c1)C(F)(F)F. The van der Waals surface area contributed by atoms with Crippen LogP contribution >= 0.6 is 0 Å². The van der Waals surface area contributed by atoms with Crippen LogP contribution in [0.15, 0.2) is 78.9 Å². The van der Waals surface area contributed by atoms with E-state index in [0.717, 1.165) is 36.4 Å². The summed E-state index contributed by atoms with van der Waals surface area (Å²) < 4.78 is 164. The number of rotatable bonds is 12. The average molecular weight is 678 g/mol. The normalized spacial score (nSPS) is 15.8. The maximum atomic E-state index is 13.4. The van der Waals surface area contributed by atoms with Crippen LogP contribution in [0, 0.1) is 0 Å². The molecule has 0 saturated heterocycles. The molecule has 2 N–H and O–H groups in total. The molecular formula is C30H27F12NO3. The minimum Gasteiger partial charge on any atom is -0.406 e. The molecule has 0 radical (unpaired) electrons. The van der Waals surface area contributed by atoms with Crippen LogP contribution in [-0.2, 0) is 18.3 Å². The molecule has 0 spiro atoms. The van der Waals surface area contributed by atoms with Gasteiger partial charge < -0.3 is 14.9 Å². The first kappa shape index (κ1) is 37.0. The molecule has 16 heteroatoms. The number of ether oxygens (including phenoxy) is 1. The van der Waals surface area contributed by atoms with E-state index in [-0.39, 0.29) is 23.1 Å². The zero-order valence-corrected chi connectivity index (χ0v) is 23.5. The third-order valence-electron chi connectivity index (χ3n) is 6.96. The van der Waals surface area contributed by atoms with Gasteiger partial charge in [0.2, 0.25) is 0 Å². The van der Waals surface area contributed by atoms with Gasteiger partial charge in [-0.2, -0.15) is 39.5 Å². The van der Waals surface area contributed by atoms with Crippen molar-refractivity contribution in [2.75, 3.05) is 19.6 Å². The summed E-state index contributed by atoms with van der Waals surface area (Å²) in [6, 6.07) is 16.0. The molecule has 46 heavy (non-hydrogen) atoms. The van der Waals surface area contributed by atoms with Gasteiger partial charge in [0, 0.05) is 25.0 Å². The highest BCUT2D eigenvalue weighted by atomic mass is 19.4. The van der Waals surface area contributed by atoms with Gasteiger partial charge in [-0.3, -0.25) is 4.90 Å². The van der Waals surface area contributed by atoms with E-state index in [9.17, 15) is 62.9 Å². The molecule has 0 aliphatic carbocycles. The number of nitrogens with zero attached hydrogens (tertiary/aromatic N) is 1. The first-order valence-electron chi connectivity index (χ1n) is 13.4. The highest BCUT2D eigenvalue weighted by Crippen LogP contribution is 2.41. The lowest BCUT2D eigenvalue weighted by Crippen LogP contribution is -2.52. The summed E-state index contributed by atoms with van der Waals surface area (Å²) in [6.07, 6.45) is -29.0. The van der Waals surface area contributed by atoms with Crippen molar-refractivity contribution < 1.29 is 67.6 Å². The fourth-order valence-electron chi connectivity index (χ4n) is 5.04. The van der Waals surface area contributed by atoms with Gasteiger partial charge in [0.25, 0.3) is 0 Å². The lowest BCUT2D eigenvalue weighted by atomic mass is 9.69. The van der Waals surface area contributed by atoms with Crippen molar-refractivity contribution >= 4 is 0 Å². The van der Waals surface area contributed by atoms with Crippen molar-refractivity contribution in [3.8, 4) is 5.75 Å². The van der Waals surface area contributed by atoms with Gasteiger partial charge in [0.15, 0.2) is 12.2 Å². The number of hydrogen-bond donors (Lipinski definition) is 2. The van der Waals surface area contributed by atoms with Crippen molar-refractivity contribution in [3.63, 3.8) is 0 Å². The number of aliphatic hydroxyl groups is 2. The molecule has 0 saturated carbocycles. The largest absolute Gasteiger partial charge is 0.573 e. The maximum absolute atomic E-state index is 13.4. The second-order valence-corrected chi connectivity index (χ2v) is 10.6. The molecular weight excluding hydrogens is 650 g/mol. The van der Waals surface area contributed by atoms with Gasteiger partial charge in [-0.25, -0.2) is 0 Å². The fourth-order valence-corrected chi connectivity index (χ4v) is 5.04. The summed E-state index contributed by atoms with van der Waals surface area (Å²) in [5.41, 5.74) is -2.30. The zero-order chi connectivity index (χ0) is 34.6. The molecule has 3 aromatic carbocycles. The summed E-state index contributed by atoms with van der Waals surface area (Å²) in [6.45, 7) is -4.02. The van der Waals surface area contributed by atoms with E-state index in [1.165, 1.54) is 36.4 Å². The standard InChI is InChI=1S/C30H27F12NO3/c31-27(32,33)15-20-8-4-9-21(12-20)26(14-19-6-2-1-3-7-19,22-10-5-11-23(13-22)46-30(40,41)42)18-43(16-24(44)28(34,35)36)17-25(45)29(37,38)39/h1-13,24-25,44-45H,14-18H2/t24-,25-,26?/m0/s1. The quantitative estimate of drug-likeness (QED) is 0.197. The van der Waals surface area contributed by atoms with Crippen molar-refractivity contribution in [3.05, 3.63) is 101 Å². The number of halogens is 12. The van der Waals surface area contributed by atoms with Crippen LogP contribution < -0.4 is 4.74 Å². The Balaban J connectivity index is 2.34. The summed E-state index contributed by atoms with van der Waals surface area (Å²) in [5.74, 6) is -0.828. The predicted molar refractivity (Wildman–Crippen MR) is 141 cm³/mol. The van der Waals surface area contributed by atoms with Gasteiger partial charge in [-0.05, 0) is 40.8 Å². The van der Waals surface area contributed by atoms with E-state index in [4.69, 9.17) is 0 Å². The number of benzene rings is 3. The lowest BCUT2D eigenvalue weighted by Gasteiger charge is -2.41. The summed E-state index contributed by atoms with van der Waals surface area (Å²) >= 11 is 0. The Morgan fingerprint density at radius 3 is 1.59 bits per heavy atom. The first-order valence-corrected chi connectivity index (χ1v) is 13.4. The Labute approximate surface area is 254 Å². The van der Waals surface area contributed by atoms with E-state index >= 15 is 0 Å². The van der Waals surface area contributed by atoms with E-state index in [0.29, 0.717) is 10.5 Å². The van der Waals surface area contributed by atoms with Gasteiger partial charge in [0.1, 0.15) is 5.75 Å². The lowest BCUT2D eigenvalue weighted by molar-refractivity contribution is -0.274. The van der Waals surface area contributed by atoms with Crippen molar-refractivity contribution in [1.82, 2.24) is 4.90 Å². The van der Waals surface area contributed by atoms with Gasteiger partial charge >= 0.3 is 24.9 Å². The highest BCUT2D eigenvalue weighted by Gasteiger charge is 2.46. The van der Waals surface area contributed by atoms with Crippen LogP contribution in [-0.4, -0.2) is 71.8 Å². The van der Waals surface area contributed by atoms with Crippen molar-refractivity contribution in [1.29, 1.82) is 0 Å². The second kappa shape index (κ2) is 14.1. The van der Waals surface area contributed by atoms with Gasteiger partial charge in [-0.15, -0.1) is 13.2 Å². The topological polar surface area (TPSA) is 52.9 Å². The van der Waals surface area contributed by atoms with E-state index < -0.39 is 74.3 Å². The van der Waals surface area contributed by atoms with Crippen LogP contribution in [0.3, 0.4) is 0 Å². The molecule has 3 rings (SSSR count). The Morgan fingerprint density at radius 2 is 1.09 bits per heavy atom. The summed E-state index contributed by atoms with van der Waals surface area (Å²) in [4.78, 5) is 0.424. The van der Waals surface area contributed by atoms with E-state index in [1.54, 1.807) is 6.07 Å². The molecule has 0 aliphatic rings. The Kier molecular flexibility index (Phi) is 11.3. The van der Waals surface area contributed by atoms with Crippen LogP contribution in [0.25, 0.3) is 0 Å². The highest BCUT2D eigenvalue weighted by molar-refractivity contribution is 5.46. The molecule has 4 nitrogen and oxygen atoms in total. The van der Waals surface area contributed by atoms with Crippen LogP contribution in [0.2, 0.25) is 0 Å². The zero-order valence-electron chi connectivity index (χ0n) is 23.5. The van der Waals surface area contributed by atoms with E-state index in [1.807, 2.05) is 0 Å². The second-order valence-electron chi connectivity index (χ2n) is 10.6. The smallest absolute Gasteiger partial charge is 0.406 e. The van der Waals surface area contributed by atoms with Crippen LogP contribution in [0.4, 0.5) is 52.7 Å². The number of hydrogen-bond acceptors (Lipinski definition) is 4. The number of alkyl halides is 12. The molecule has 0 aliphatic heterocycles. The molecule has 0 aromatic heterocycles. The molecule has 0 fully saturated rings. The molecule has 3 atom stereocenters. The maximum Gasteiger partial charge on any atom is 0.573 e. The Bertz CT molecular complexity index is 1320. The molecule has 0 heterocycles. The molecule has 3 aromatic rings. The Morgan fingerprint density at radius 1 is 0.587 bits per heavy atom. The van der Waals surface area contributed by atoms with Crippen LogP contribution in [0.1, 0.15) is 22.3 Å². The fraction of sp³-hybridized carbons (Fsp3) is 0.400. The monoisotopic (exact) mass is 677 g/mol. The number of aliphatic hydroxyl groups excluding tert-OH is 2. The van der Waals surface area contributed by atoms with Crippen molar-refractivity contribution in [2.45, 2.75) is 55.4 Å². The van der Waals surface area contributed by atoms with Gasteiger partial charge in [0.05, 0.1) is 6.42 Å². The van der Waals surface area contributed by atoms with E-state index in [2.05, 4.69) is 4.74 Å². The minimum atomic E-state index is -5.34.